The molecule has 0 aliphatic carbocycles. The first-order chi connectivity index (χ1) is 12.9. The van der Waals surface area contributed by atoms with Crippen molar-refractivity contribution in [2.24, 2.45) is 0 Å². The predicted octanol–water partition coefficient (Wildman–Crippen LogP) is 3.30. The van der Waals surface area contributed by atoms with Crippen LogP contribution in [-0.2, 0) is 16.0 Å². The van der Waals surface area contributed by atoms with E-state index in [0.29, 0.717) is 11.4 Å². The molecule has 0 saturated heterocycles. The van der Waals surface area contributed by atoms with E-state index in [4.69, 9.17) is 4.74 Å². The zero-order valence-corrected chi connectivity index (χ0v) is 15.0. The molecule has 2 rings (SSSR count). The number of ether oxygens (including phenoxy) is 1. The number of amides is 3. The Morgan fingerprint density at radius 2 is 1.63 bits per heavy atom. The number of carbonyl (C=O) groups is 2. The lowest BCUT2D eigenvalue weighted by molar-refractivity contribution is -0.119. The number of hydrogen-bond donors (Lipinski definition) is 3. The number of nitrogens with one attached hydrogen (secondary N) is 3. The van der Waals surface area contributed by atoms with Crippen molar-refractivity contribution in [1.82, 2.24) is 5.32 Å². The molecule has 0 aliphatic rings. The van der Waals surface area contributed by atoms with E-state index in [1.165, 1.54) is 25.3 Å². The molecule has 0 unspecified atom stereocenters. The Morgan fingerprint density at radius 1 is 1.04 bits per heavy atom. The highest BCUT2D eigenvalue weighted by atomic mass is 19.1. The Morgan fingerprint density at radius 3 is 2.26 bits per heavy atom. The van der Waals surface area contributed by atoms with Crippen molar-refractivity contribution in [1.29, 1.82) is 0 Å². The first kappa shape index (κ1) is 20.3. The molecule has 3 N–H and O–H groups in total. The minimum atomic E-state index is -0.649. The summed E-state index contributed by atoms with van der Waals surface area (Å²) in [5.41, 5.74) is 0.872. The summed E-state index contributed by atoms with van der Waals surface area (Å²) in [7, 11) is 1.41. The van der Waals surface area contributed by atoms with Crippen molar-refractivity contribution in [3.63, 3.8) is 0 Å². The molecule has 0 aromatic heterocycles. The van der Waals surface area contributed by atoms with Gasteiger partial charge in [0, 0.05) is 30.1 Å². The Labute approximate surface area is 155 Å². The molecule has 0 radical (unpaired) electrons. The van der Waals surface area contributed by atoms with E-state index < -0.39 is 23.7 Å². The Bertz CT molecular complexity index is 794. The van der Waals surface area contributed by atoms with E-state index in [-0.39, 0.29) is 24.5 Å². The average Bonchev–Trinajstić information content (AvgIpc) is 2.58. The van der Waals surface area contributed by atoms with Gasteiger partial charge in [0.15, 0.2) is 0 Å². The molecule has 3 amide bonds. The molecule has 1 atom stereocenters. The summed E-state index contributed by atoms with van der Waals surface area (Å²) in [6.45, 7) is 1.56. The molecule has 27 heavy (non-hydrogen) atoms. The summed E-state index contributed by atoms with van der Waals surface area (Å²) >= 11 is 0. The molecule has 2 aromatic rings. The molecule has 6 nitrogen and oxygen atoms in total. The average molecular weight is 377 g/mol. The van der Waals surface area contributed by atoms with Crippen LogP contribution in [0.25, 0.3) is 0 Å². The van der Waals surface area contributed by atoms with Gasteiger partial charge in [-0.2, -0.15) is 0 Å². The number of rotatable bonds is 7. The normalized spacial score (nSPS) is 11.6. The molecule has 0 aliphatic heterocycles. The van der Waals surface area contributed by atoms with E-state index in [2.05, 4.69) is 16.0 Å². The summed E-state index contributed by atoms with van der Waals surface area (Å²) < 4.78 is 32.1. The van der Waals surface area contributed by atoms with Crippen LogP contribution in [0, 0.1) is 11.6 Å². The zero-order chi connectivity index (χ0) is 19.8. The lowest BCUT2D eigenvalue weighted by Gasteiger charge is -2.16. The molecule has 0 bridgehead atoms. The van der Waals surface area contributed by atoms with E-state index in [9.17, 15) is 18.4 Å². The van der Waals surface area contributed by atoms with Gasteiger partial charge in [-0.3, -0.25) is 4.79 Å². The first-order valence-electron chi connectivity index (χ1n) is 8.28. The monoisotopic (exact) mass is 377 g/mol. The Kier molecular flexibility index (Phi) is 7.25. The summed E-state index contributed by atoms with van der Waals surface area (Å²) in [5.74, 6) is -1.62. The third-order valence-electron chi connectivity index (χ3n) is 3.63. The summed E-state index contributed by atoms with van der Waals surface area (Å²) in [4.78, 5) is 23.6. The lowest BCUT2D eigenvalue weighted by Crippen LogP contribution is -2.37. The van der Waals surface area contributed by atoms with Crippen LogP contribution in [0.4, 0.5) is 25.0 Å². The van der Waals surface area contributed by atoms with E-state index in [1.807, 2.05) is 0 Å². The molecule has 2 aromatic carbocycles. The van der Waals surface area contributed by atoms with Crippen LogP contribution in [0.1, 0.15) is 12.5 Å². The second-order valence-corrected chi connectivity index (χ2v) is 5.97. The maximum atomic E-state index is 13.7. The smallest absolute Gasteiger partial charge is 0.319 e. The maximum absolute atomic E-state index is 13.7. The SMILES string of the molecule is COCC(=O)Nc1cccc(NC(=O)N[C@@H](C)Cc2c(F)cccc2F)c1. The summed E-state index contributed by atoms with van der Waals surface area (Å²) in [6, 6.07) is 9.17. The molecular weight excluding hydrogens is 356 g/mol. The highest BCUT2D eigenvalue weighted by molar-refractivity contribution is 5.94. The molecule has 0 spiro atoms. The second kappa shape index (κ2) is 9.63. The molecule has 0 heterocycles. The standard InChI is InChI=1S/C19H21F2N3O3/c1-12(9-15-16(20)7-4-8-17(15)21)22-19(26)24-14-6-3-5-13(10-14)23-18(25)11-27-2/h3-8,10,12H,9,11H2,1-2H3,(H,23,25)(H2,22,24,26)/t12-/m0/s1. The quantitative estimate of drug-likeness (QED) is 0.693. The number of benzene rings is 2. The third kappa shape index (κ3) is 6.34. The van der Waals surface area contributed by atoms with Crippen molar-refractivity contribution >= 4 is 23.3 Å². The minimum absolute atomic E-state index is 0.0129. The van der Waals surface area contributed by atoms with Crippen molar-refractivity contribution in [3.05, 3.63) is 59.7 Å². The molecule has 144 valence electrons. The minimum Gasteiger partial charge on any atom is -0.375 e. The predicted molar refractivity (Wildman–Crippen MR) is 98.6 cm³/mol. The second-order valence-electron chi connectivity index (χ2n) is 5.97. The van der Waals surface area contributed by atoms with Gasteiger partial charge in [-0.05, 0) is 43.7 Å². The van der Waals surface area contributed by atoms with Crippen LogP contribution in [-0.4, -0.2) is 31.7 Å². The Balaban J connectivity index is 1.92. The van der Waals surface area contributed by atoms with Gasteiger partial charge in [-0.15, -0.1) is 0 Å². The number of methoxy groups -OCH3 is 1. The summed E-state index contributed by atoms with van der Waals surface area (Å²) in [6.07, 6.45) is 0.0129. The van der Waals surface area contributed by atoms with E-state index >= 15 is 0 Å². The number of anilines is 2. The van der Waals surface area contributed by atoms with Gasteiger partial charge in [0.05, 0.1) is 0 Å². The number of carbonyl (C=O) groups excluding carboxylic acids is 2. The van der Waals surface area contributed by atoms with Crippen molar-refractivity contribution in [3.8, 4) is 0 Å². The van der Waals surface area contributed by atoms with Gasteiger partial charge in [0.2, 0.25) is 5.91 Å². The number of hydrogen-bond acceptors (Lipinski definition) is 3. The molecule has 0 fully saturated rings. The van der Waals surface area contributed by atoms with Crippen molar-refractivity contribution < 1.29 is 23.1 Å². The molecular formula is C19H21F2N3O3. The fraction of sp³-hybridized carbons (Fsp3) is 0.263. The fourth-order valence-electron chi connectivity index (χ4n) is 2.48. The highest BCUT2D eigenvalue weighted by Crippen LogP contribution is 2.16. The molecule has 0 saturated carbocycles. The van der Waals surface area contributed by atoms with Crippen molar-refractivity contribution in [2.45, 2.75) is 19.4 Å². The van der Waals surface area contributed by atoms with Crippen LogP contribution in [0.3, 0.4) is 0 Å². The zero-order valence-electron chi connectivity index (χ0n) is 15.0. The largest absolute Gasteiger partial charge is 0.375 e. The van der Waals surface area contributed by atoms with Crippen LogP contribution >= 0.6 is 0 Å². The first-order valence-corrected chi connectivity index (χ1v) is 8.28. The van der Waals surface area contributed by atoms with Crippen LogP contribution in [0.15, 0.2) is 42.5 Å². The van der Waals surface area contributed by atoms with Crippen molar-refractivity contribution in [2.75, 3.05) is 24.4 Å². The third-order valence-corrected chi connectivity index (χ3v) is 3.63. The van der Waals surface area contributed by atoms with Crippen LogP contribution in [0.5, 0.6) is 0 Å². The van der Waals surface area contributed by atoms with Gasteiger partial charge in [0.1, 0.15) is 18.2 Å². The topological polar surface area (TPSA) is 79.5 Å². The van der Waals surface area contributed by atoms with Crippen LogP contribution in [0.2, 0.25) is 0 Å². The van der Waals surface area contributed by atoms with Gasteiger partial charge in [-0.1, -0.05) is 12.1 Å². The fourth-order valence-corrected chi connectivity index (χ4v) is 2.48. The number of halogens is 2. The van der Waals surface area contributed by atoms with E-state index in [1.54, 1.807) is 31.2 Å². The van der Waals surface area contributed by atoms with Gasteiger partial charge in [-0.25, -0.2) is 13.6 Å². The van der Waals surface area contributed by atoms with Gasteiger partial charge < -0.3 is 20.7 Å². The molecule has 8 heteroatoms. The van der Waals surface area contributed by atoms with E-state index in [0.717, 1.165) is 0 Å². The summed E-state index contributed by atoms with van der Waals surface area (Å²) in [5, 5.41) is 7.86. The maximum Gasteiger partial charge on any atom is 0.319 e. The lowest BCUT2D eigenvalue weighted by atomic mass is 10.1. The van der Waals surface area contributed by atoms with Gasteiger partial charge >= 0.3 is 6.03 Å². The highest BCUT2D eigenvalue weighted by Gasteiger charge is 2.14. The van der Waals surface area contributed by atoms with Gasteiger partial charge in [0.25, 0.3) is 0 Å². The van der Waals surface area contributed by atoms with Crippen LogP contribution < -0.4 is 16.0 Å². The Hall–Kier alpha value is -3.00. The number of urea groups is 1.